The summed E-state index contributed by atoms with van der Waals surface area (Å²) >= 11 is 0. The quantitative estimate of drug-likeness (QED) is 0.926. The van der Waals surface area contributed by atoms with E-state index in [1.54, 1.807) is 0 Å². The third-order valence-electron chi connectivity index (χ3n) is 4.56. The summed E-state index contributed by atoms with van der Waals surface area (Å²) in [6, 6.07) is 4.17. The zero-order chi connectivity index (χ0) is 16.1. The summed E-state index contributed by atoms with van der Waals surface area (Å²) in [5, 5.41) is 3.01. The Morgan fingerprint density at radius 1 is 1.35 bits per heavy atom. The lowest BCUT2D eigenvalue weighted by Crippen LogP contribution is -2.51. The first-order chi connectivity index (χ1) is 11.2. The number of hydrogen-bond donors (Lipinski definition) is 1. The molecule has 2 aliphatic heterocycles. The fraction of sp³-hybridized carbons (Fsp3) is 0.647. The molecule has 3 rings (SSSR count). The van der Waals surface area contributed by atoms with Crippen molar-refractivity contribution >= 4 is 11.8 Å². The van der Waals surface area contributed by atoms with Gasteiger partial charge in [-0.15, -0.1) is 0 Å². The first-order valence-electron chi connectivity index (χ1n) is 8.56. The van der Waals surface area contributed by atoms with E-state index in [1.165, 1.54) is 19.3 Å². The van der Waals surface area contributed by atoms with Crippen LogP contribution in [0.5, 0.6) is 0 Å². The number of anilines is 1. The second-order valence-corrected chi connectivity index (χ2v) is 6.35. The van der Waals surface area contributed by atoms with Crippen LogP contribution in [0.2, 0.25) is 0 Å². The second-order valence-electron chi connectivity index (χ2n) is 6.35. The van der Waals surface area contributed by atoms with Gasteiger partial charge in [-0.05, 0) is 43.9 Å². The summed E-state index contributed by atoms with van der Waals surface area (Å²) in [7, 11) is 0. The maximum atomic E-state index is 12.3. The first-order valence-corrected chi connectivity index (χ1v) is 8.56. The lowest BCUT2D eigenvalue weighted by molar-refractivity contribution is 0.0190. The zero-order valence-corrected chi connectivity index (χ0v) is 13.8. The maximum Gasteiger partial charge on any atom is 0.318 e. The van der Waals surface area contributed by atoms with Crippen LogP contribution in [0.4, 0.5) is 10.6 Å². The minimum absolute atomic E-state index is 0.0165. The molecule has 0 spiro atoms. The molecular formula is C17H26N4O2. The number of aromatic nitrogens is 1. The highest BCUT2D eigenvalue weighted by Gasteiger charge is 2.23. The van der Waals surface area contributed by atoms with E-state index in [-0.39, 0.29) is 12.1 Å². The van der Waals surface area contributed by atoms with E-state index in [4.69, 9.17) is 4.74 Å². The van der Waals surface area contributed by atoms with Crippen LogP contribution < -0.4 is 10.2 Å². The van der Waals surface area contributed by atoms with Crippen LogP contribution in [0.25, 0.3) is 0 Å². The number of urea groups is 1. The number of carbonyl (C=O) groups is 1. The smallest absolute Gasteiger partial charge is 0.318 e. The van der Waals surface area contributed by atoms with Gasteiger partial charge < -0.3 is 19.9 Å². The molecule has 6 heteroatoms. The van der Waals surface area contributed by atoms with Gasteiger partial charge in [0.2, 0.25) is 0 Å². The van der Waals surface area contributed by atoms with Crippen molar-refractivity contribution < 1.29 is 9.53 Å². The zero-order valence-electron chi connectivity index (χ0n) is 13.8. The highest BCUT2D eigenvalue weighted by molar-refractivity contribution is 5.74. The molecule has 2 amide bonds. The molecule has 2 fully saturated rings. The molecule has 2 aliphatic rings. The Hall–Kier alpha value is -1.82. The predicted octanol–water partition coefficient (Wildman–Crippen LogP) is 2.00. The summed E-state index contributed by atoms with van der Waals surface area (Å²) in [4.78, 5) is 21.0. The van der Waals surface area contributed by atoms with Crippen LogP contribution in [0.15, 0.2) is 18.3 Å². The van der Waals surface area contributed by atoms with Crippen molar-refractivity contribution in [2.24, 2.45) is 0 Å². The van der Waals surface area contributed by atoms with E-state index < -0.39 is 0 Å². The van der Waals surface area contributed by atoms with Gasteiger partial charge in [0.15, 0.2) is 0 Å². The molecule has 2 saturated heterocycles. The standard InChI is InChI=1S/C17H26N4O2/c1-14-13-23-10-9-21(14)17(22)19-12-15-5-6-18-16(11-15)20-7-3-2-4-8-20/h5-6,11,14H,2-4,7-10,12-13H2,1H3,(H,19,22). The van der Waals surface area contributed by atoms with Crippen LogP contribution in [-0.4, -0.2) is 54.8 Å². The van der Waals surface area contributed by atoms with Crippen LogP contribution in [0.3, 0.4) is 0 Å². The van der Waals surface area contributed by atoms with E-state index >= 15 is 0 Å². The van der Waals surface area contributed by atoms with Crippen molar-refractivity contribution in [3.63, 3.8) is 0 Å². The molecule has 1 unspecified atom stereocenters. The molecule has 23 heavy (non-hydrogen) atoms. The number of amides is 2. The number of piperidine rings is 1. The molecular weight excluding hydrogens is 292 g/mol. The summed E-state index contributed by atoms with van der Waals surface area (Å²) < 4.78 is 5.37. The van der Waals surface area contributed by atoms with Gasteiger partial charge in [-0.1, -0.05) is 0 Å². The van der Waals surface area contributed by atoms with Crippen molar-refractivity contribution in [3.05, 3.63) is 23.9 Å². The van der Waals surface area contributed by atoms with E-state index in [2.05, 4.69) is 21.3 Å². The number of pyridine rings is 1. The fourth-order valence-electron chi connectivity index (χ4n) is 3.17. The summed E-state index contributed by atoms with van der Waals surface area (Å²) in [5.74, 6) is 1.02. The van der Waals surface area contributed by atoms with Gasteiger partial charge in [0.05, 0.1) is 19.3 Å². The van der Waals surface area contributed by atoms with Gasteiger partial charge in [0, 0.05) is 32.4 Å². The number of nitrogens with zero attached hydrogens (tertiary/aromatic N) is 3. The number of morpholine rings is 1. The molecule has 3 heterocycles. The Kier molecular flexibility index (Phi) is 5.33. The molecule has 0 aromatic carbocycles. The minimum atomic E-state index is -0.0165. The van der Waals surface area contributed by atoms with Gasteiger partial charge in [-0.2, -0.15) is 0 Å². The van der Waals surface area contributed by atoms with Crippen LogP contribution >= 0.6 is 0 Å². The van der Waals surface area contributed by atoms with E-state index in [0.29, 0.717) is 26.3 Å². The molecule has 1 N–H and O–H groups in total. The molecule has 1 atom stereocenters. The van der Waals surface area contributed by atoms with Crippen molar-refractivity contribution in [1.82, 2.24) is 15.2 Å². The van der Waals surface area contributed by atoms with E-state index in [0.717, 1.165) is 24.5 Å². The maximum absolute atomic E-state index is 12.3. The molecule has 0 bridgehead atoms. The van der Waals surface area contributed by atoms with Gasteiger partial charge >= 0.3 is 6.03 Å². The average Bonchev–Trinajstić information content (AvgIpc) is 2.61. The summed E-state index contributed by atoms with van der Waals surface area (Å²) in [5.41, 5.74) is 1.09. The molecule has 0 saturated carbocycles. The Bertz CT molecular complexity index is 531. The van der Waals surface area contributed by atoms with Crippen LogP contribution in [0, 0.1) is 0 Å². The third-order valence-corrected chi connectivity index (χ3v) is 4.56. The monoisotopic (exact) mass is 318 g/mol. The van der Waals surface area contributed by atoms with Crippen molar-refractivity contribution in [2.45, 2.75) is 38.8 Å². The van der Waals surface area contributed by atoms with Crippen LogP contribution in [0.1, 0.15) is 31.7 Å². The summed E-state index contributed by atoms with van der Waals surface area (Å²) in [6.07, 6.45) is 5.61. The predicted molar refractivity (Wildman–Crippen MR) is 89.5 cm³/mol. The van der Waals surface area contributed by atoms with E-state index in [1.807, 2.05) is 24.1 Å². The summed E-state index contributed by atoms with van der Waals surface area (Å²) in [6.45, 7) is 6.59. The van der Waals surface area contributed by atoms with Gasteiger partial charge in [-0.3, -0.25) is 0 Å². The van der Waals surface area contributed by atoms with Gasteiger partial charge in [-0.25, -0.2) is 9.78 Å². The number of hydrogen-bond acceptors (Lipinski definition) is 4. The lowest BCUT2D eigenvalue weighted by atomic mass is 10.1. The van der Waals surface area contributed by atoms with E-state index in [9.17, 15) is 4.79 Å². The van der Waals surface area contributed by atoms with Crippen molar-refractivity contribution in [1.29, 1.82) is 0 Å². The Morgan fingerprint density at radius 3 is 2.96 bits per heavy atom. The SMILES string of the molecule is CC1COCCN1C(=O)NCc1ccnc(N2CCCCC2)c1. The van der Waals surface area contributed by atoms with Gasteiger partial charge in [0.25, 0.3) is 0 Å². The fourth-order valence-corrected chi connectivity index (χ4v) is 3.17. The third kappa shape index (κ3) is 4.13. The highest BCUT2D eigenvalue weighted by atomic mass is 16.5. The Labute approximate surface area is 137 Å². The lowest BCUT2D eigenvalue weighted by Gasteiger charge is -2.33. The number of ether oxygens (including phenoxy) is 1. The number of rotatable bonds is 3. The minimum Gasteiger partial charge on any atom is -0.377 e. The normalized spacial score (nSPS) is 22.0. The number of carbonyl (C=O) groups excluding carboxylic acids is 1. The first kappa shape index (κ1) is 16.1. The van der Waals surface area contributed by atoms with Gasteiger partial charge in [0.1, 0.15) is 5.82 Å². The highest BCUT2D eigenvalue weighted by Crippen LogP contribution is 2.18. The van der Waals surface area contributed by atoms with Crippen molar-refractivity contribution in [3.8, 4) is 0 Å². The molecule has 1 aromatic rings. The topological polar surface area (TPSA) is 57.7 Å². The average molecular weight is 318 g/mol. The molecule has 0 aliphatic carbocycles. The largest absolute Gasteiger partial charge is 0.377 e. The Morgan fingerprint density at radius 2 is 2.17 bits per heavy atom. The molecule has 1 aromatic heterocycles. The second kappa shape index (κ2) is 7.64. The van der Waals surface area contributed by atoms with Crippen molar-refractivity contribution in [2.75, 3.05) is 37.7 Å². The van der Waals surface area contributed by atoms with Crippen LogP contribution in [-0.2, 0) is 11.3 Å². The molecule has 126 valence electrons. The molecule has 6 nitrogen and oxygen atoms in total. The molecule has 0 radical (unpaired) electrons. The Balaban J connectivity index is 1.56. The number of nitrogens with one attached hydrogen (secondary N) is 1.